The number of hydrogen-bond donors (Lipinski definition) is 2. The summed E-state index contributed by atoms with van der Waals surface area (Å²) in [5.74, 6) is 0.889. The highest BCUT2D eigenvalue weighted by Crippen LogP contribution is 2.22. The van der Waals surface area contributed by atoms with Crippen molar-refractivity contribution in [2.75, 3.05) is 26.2 Å². The number of carbonyl (C=O) groups is 1. The number of ether oxygens (including phenoxy) is 1. The molecule has 0 aliphatic carbocycles. The molecule has 1 fully saturated rings. The van der Waals surface area contributed by atoms with Crippen molar-refractivity contribution in [1.82, 2.24) is 15.5 Å². The molecule has 1 aromatic carbocycles. The van der Waals surface area contributed by atoms with E-state index in [1.165, 1.54) is 11.1 Å². The minimum absolute atomic E-state index is 0.248. The lowest BCUT2D eigenvalue weighted by molar-refractivity contribution is 0.190. The molecule has 0 spiro atoms. The molecule has 0 saturated carbocycles. The van der Waals surface area contributed by atoms with Crippen LogP contribution in [0.15, 0.2) is 46.1 Å². The predicted octanol–water partition coefficient (Wildman–Crippen LogP) is 3.13. The summed E-state index contributed by atoms with van der Waals surface area (Å²) in [4.78, 5) is 18.4. The zero-order valence-corrected chi connectivity index (χ0v) is 16.4. The Hall–Kier alpha value is -2.49. The van der Waals surface area contributed by atoms with Gasteiger partial charge in [-0.05, 0) is 54.8 Å². The lowest BCUT2D eigenvalue weighted by Crippen LogP contribution is -2.36. The minimum atomic E-state index is -0.248. The van der Waals surface area contributed by atoms with Crippen LogP contribution in [0.2, 0.25) is 5.02 Å². The summed E-state index contributed by atoms with van der Waals surface area (Å²) in [6.45, 7) is 4.23. The molecule has 0 radical (unpaired) electrons. The largest absolute Gasteiger partial charge is 0.471 e. The molecule has 3 aliphatic heterocycles. The van der Waals surface area contributed by atoms with Gasteiger partial charge in [-0.2, -0.15) is 4.99 Å². The van der Waals surface area contributed by atoms with Crippen molar-refractivity contribution in [2.24, 2.45) is 4.99 Å². The van der Waals surface area contributed by atoms with E-state index >= 15 is 0 Å². The highest BCUT2D eigenvalue weighted by molar-refractivity contribution is 6.30. The van der Waals surface area contributed by atoms with E-state index in [0.29, 0.717) is 31.3 Å². The normalized spacial score (nSPS) is 18.6. The van der Waals surface area contributed by atoms with Gasteiger partial charge in [-0.25, -0.2) is 4.79 Å². The topological polar surface area (TPSA) is 66.0 Å². The molecule has 3 aliphatic rings. The second-order valence-corrected chi connectivity index (χ2v) is 7.56. The molecule has 6 nitrogen and oxygen atoms in total. The SMILES string of the molecule is O=C1NCCC2=C=C=C(OCCCCN3CCc4cc(Cl)ccc4C3)N=C2N1. The number of nitrogens with one attached hydrogen (secondary N) is 2. The molecular formula is C21H23ClN4O2. The van der Waals surface area contributed by atoms with Gasteiger partial charge in [-0.3, -0.25) is 10.2 Å². The van der Waals surface area contributed by atoms with E-state index in [-0.39, 0.29) is 6.03 Å². The molecule has 28 heavy (non-hydrogen) atoms. The van der Waals surface area contributed by atoms with Gasteiger partial charge in [0.05, 0.1) is 6.61 Å². The number of amidine groups is 1. The molecule has 3 heterocycles. The number of fused-ring (bicyclic) bond motifs is 2. The Bertz CT molecular complexity index is 911. The molecule has 1 saturated heterocycles. The number of halogens is 1. The van der Waals surface area contributed by atoms with Crippen molar-refractivity contribution in [3.63, 3.8) is 0 Å². The van der Waals surface area contributed by atoms with Crippen molar-refractivity contribution in [1.29, 1.82) is 0 Å². The number of hydrogen-bond acceptors (Lipinski definition) is 4. The standard InChI is InChI=1S/C21H23ClN4O2/c22-18-5-3-17-14-26(11-8-16(17)13-18)10-1-2-12-28-19-6-4-15-7-9-23-21(27)25-20(15)24-19/h3,5,13H,1-2,7-12,14H2,(H2,23,24,25,27). The number of carbonyl (C=O) groups excluding carboxylic acids is 1. The summed E-state index contributed by atoms with van der Waals surface area (Å²) in [6.07, 6.45) is 3.72. The van der Waals surface area contributed by atoms with E-state index in [2.05, 4.69) is 44.1 Å². The van der Waals surface area contributed by atoms with Crippen LogP contribution in [0.3, 0.4) is 0 Å². The van der Waals surface area contributed by atoms with Crippen molar-refractivity contribution in [3.8, 4) is 0 Å². The Morgan fingerprint density at radius 1 is 1.21 bits per heavy atom. The Kier molecular flexibility index (Phi) is 5.84. The minimum Gasteiger partial charge on any atom is -0.471 e. The van der Waals surface area contributed by atoms with Crippen LogP contribution < -0.4 is 10.6 Å². The number of amides is 2. The molecule has 2 N–H and O–H groups in total. The Labute approximate surface area is 169 Å². The average Bonchev–Trinajstić information content (AvgIpc) is 2.87. The Morgan fingerprint density at radius 3 is 3.07 bits per heavy atom. The molecule has 0 bridgehead atoms. The van der Waals surface area contributed by atoms with Gasteiger partial charge in [0.1, 0.15) is 0 Å². The fourth-order valence-electron chi connectivity index (χ4n) is 3.57. The predicted molar refractivity (Wildman–Crippen MR) is 108 cm³/mol. The number of aliphatic imine (C=N–C) groups is 1. The maximum Gasteiger partial charge on any atom is 0.320 e. The molecule has 1 aromatic rings. The monoisotopic (exact) mass is 398 g/mol. The average molecular weight is 399 g/mol. The number of urea groups is 1. The zero-order valence-electron chi connectivity index (χ0n) is 15.7. The van der Waals surface area contributed by atoms with Gasteiger partial charge in [0.25, 0.3) is 5.88 Å². The number of nitrogens with zero attached hydrogens (tertiary/aromatic N) is 2. The van der Waals surface area contributed by atoms with Gasteiger partial charge in [0, 0.05) is 36.7 Å². The van der Waals surface area contributed by atoms with Crippen molar-refractivity contribution >= 4 is 23.5 Å². The summed E-state index contributed by atoms with van der Waals surface area (Å²) in [7, 11) is 0. The summed E-state index contributed by atoms with van der Waals surface area (Å²) < 4.78 is 5.70. The van der Waals surface area contributed by atoms with E-state index in [1.54, 1.807) is 0 Å². The summed E-state index contributed by atoms with van der Waals surface area (Å²) in [6, 6.07) is 5.94. The molecule has 146 valence electrons. The smallest absolute Gasteiger partial charge is 0.320 e. The van der Waals surface area contributed by atoms with Crippen LogP contribution in [0.5, 0.6) is 0 Å². The molecule has 0 aromatic heterocycles. The second kappa shape index (κ2) is 8.68. The van der Waals surface area contributed by atoms with E-state index in [9.17, 15) is 4.79 Å². The Morgan fingerprint density at radius 2 is 2.14 bits per heavy atom. The highest BCUT2D eigenvalue weighted by Gasteiger charge is 2.19. The fourth-order valence-corrected chi connectivity index (χ4v) is 3.76. The lowest BCUT2D eigenvalue weighted by Gasteiger charge is -2.28. The van der Waals surface area contributed by atoms with Crippen molar-refractivity contribution < 1.29 is 9.53 Å². The van der Waals surface area contributed by atoms with Crippen LogP contribution in [0.4, 0.5) is 4.79 Å². The van der Waals surface area contributed by atoms with E-state index < -0.39 is 0 Å². The molecule has 4 rings (SSSR count). The molecule has 0 unspecified atom stereocenters. The summed E-state index contributed by atoms with van der Waals surface area (Å²) in [5.41, 5.74) is 9.57. The number of unbranched alkanes of at least 4 members (excludes halogenated alkanes) is 1. The second-order valence-electron chi connectivity index (χ2n) is 7.12. The van der Waals surface area contributed by atoms with E-state index in [0.717, 1.165) is 49.5 Å². The molecule has 2 amide bonds. The first-order chi connectivity index (χ1) is 13.7. The first-order valence-corrected chi connectivity index (χ1v) is 10.1. The highest BCUT2D eigenvalue weighted by atomic mass is 35.5. The first-order valence-electron chi connectivity index (χ1n) is 9.68. The first kappa shape index (κ1) is 18.9. The van der Waals surface area contributed by atoms with Gasteiger partial charge in [-0.15, -0.1) is 0 Å². The zero-order chi connectivity index (χ0) is 19.3. The van der Waals surface area contributed by atoms with Gasteiger partial charge in [-0.1, -0.05) is 23.4 Å². The summed E-state index contributed by atoms with van der Waals surface area (Å²) >= 11 is 6.08. The molecular weight excluding hydrogens is 376 g/mol. The van der Waals surface area contributed by atoms with Gasteiger partial charge < -0.3 is 10.1 Å². The van der Waals surface area contributed by atoms with Crippen LogP contribution in [0.1, 0.15) is 30.4 Å². The van der Waals surface area contributed by atoms with Crippen molar-refractivity contribution in [3.05, 3.63) is 57.3 Å². The van der Waals surface area contributed by atoms with Gasteiger partial charge >= 0.3 is 6.03 Å². The van der Waals surface area contributed by atoms with Crippen LogP contribution in [-0.2, 0) is 17.7 Å². The Balaban J connectivity index is 1.21. The third-order valence-electron chi connectivity index (χ3n) is 5.08. The van der Waals surface area contributed by atoms with Crippen LogP contribution in [0.25, 0.3) is 0 Å². The maximum absolute atomic E-state index is 11.6. The fraction of sp³-hybridized carbons (Fsp3) is 0.429. The number of rotatable bonds is 6. The number of benzene rings is 1. The van der Waals surface area contributed by atoms with Crippen LogP contribution in [0, 0.1) is 0 Å². The van der Waals surface area contributed by atoms with E-state index in [4.69, 9.17) is 16.3 Å². The van der Waals surface area contributed by atoms with Crippen LogP contribution >= 0.6 is 11.6 Å². The third kappa shape index (κ3) is 4.67. The lowest BCUT2D eigenvalue weighted by atomic mass is 10.00. The third-order valence-corrected chi connectivity index (χ3v) is 5.31. The van der Waals surface area contributed by atoms with Crippen molar-refractivity contribution in [2.45, 2.75) is 32.2 Å². The van der Waals surface area contributed by atoms with Crippen LogP contribution in [-0.4, -0.2) is 43.0 Å². The van der Waals surface area contributed by atoms with Gasteiger partial charge in [0.15, 0.2) is 5.84 Å². The maximum atomic E-state index is 11.6. The molecule has 7 heteroatoms. The molecule has 0 atom stereocenters. The van der Waals surface area contributed by atoms with Gasteiger partial charge in [0.2, 0.25) is 0 Å². The summed E-state index contributed by atoms with van der Waals surface area (Å²) in [5, 5.41) is 6.27. The van der Waals surface area contributed by atoms with E-state index in [1.807, 2.05) is 6.07 Å². The quantitative estimate of drug-likeness (QED) is 0.571.